The van der Waals surface area contributed by atoms with Crippen LogP contribution in [0, 0.1) is 22.7 Å². The average molecular weight is 1020 g/mol. The number of fused-ring (bicyclic) bond motifs is 6. The van der Waals surface area contributed by atoms with Gasteiger partial charge in [-0.2, -0.15) is 10.5 Å². The number of hydrogen-bond acceptors (Lipinski definition) is 9. The van der Waals surface area contributed by atoms with Gasteiger partial charge >= 0.3 is 0 Å². The third-order valence-electron chi connectivity index (χ3n) is 14.3. The Labute approximate surface area is 454 Å². The summed E-state index contributed by atoms with van der Waals surface area (Å²) in [5, 5.41) is 20.1. The molecule has 0 saturated carbocycles. The third-order valence-corrected chi connectivity index (χ3v) is 14.3. The zero-order valence-electron chi connectivity index (χ0n) is 44.4. The number of rotatable bonds is 31. The van der Waals surface area contributed by atoms with E-state index in [9.17, 15) is 0 Å². The van der Waals surface area contributed by atoms with E-state index >= 15 is 0 Å². The lowest BCUT2D eigenvalue weighted by Crippen LogP contribution is -2.03. The molecule has 10 heteroatoms. The molecule has 3 aromatic heterocycles. The predicted octanol–water partition coefficient (Wildman–Crippen LogP) is 17.3. The number of pyridine rings is 2. The maximum atomic E-state index is 9.06. The lowest BCUT2D eigenvalue weighted by molar-refractivity contribution is 0.258. The second-order valence-electron chi connectivity index (χ2n) is 20.0. The van der Waals surface area contributed by atoms with Crippen molar-refractivity contribution in [2.45, 2.75) is 116 Å². The van der Waals surface area contributed by atoms with Crippen molar-refractivity contribution in [1.82, 2.24) is 19.9 Å². The SMILES string of the molecule is N#Cc1ccc(-c2ccc(OCCCCCCCCCCCOc3ccc(-c4nc5c6cccnc6c6ncccc6c5[nH]4)cc3OCCCCCCCCCCCOc3ccc(-c4ccc(C#N)cc4)cc3)cc2)cc1. The van der Waals surface area contributed by atoms with Gasteiger partial charge in [-0.3, -0.25) is 9.97 Å². The van der Waals surface area contributed by atoms with Gasteiger partial charge in [0.2, 0.25) is 0 Å². The fraction of sp³-hybridized carbons (Fsp3) is 0.328. The molecule has 0 unspecified atom stereocenters. The summed E-state index contributed by atoms with van der Waals surface area (Å²) in [6.45, 7) is 2.75. The lowest BCUT2D eigenvalue weighted by Gasteiger charge is -2.14. The number of nitriles is 2. The standard InChI is InChI=1S/C67H70N6O4/c68-48-50-23-27-52(28-24-50)54-31-36-57(37-32-54)74-43-15-11-7-3-1-5-9-13-17-45-76-61-40-35-56(67-72-65-59-21-19-41-70-63(59)64-60(66(65)73-67)22-20-42-71-64)47-62(61)77-46-18-14-10-6-2-4-8-12-16-44-75-58-38-33-55(34-39-58)53-29-25-51(49-69)26-30-53/h19-42,47H,1-18,43-46H2,(H,72,73). The molecule has 0 atom stereocenters. The quantitative estimate of drug-likeness (QED) is 0.0332. The molecule has 0 bridgehead atoms. The van der Waals surface area contributed by atoms with Crippen molar-refractivity contribution in [2.24, 2.45) is 0 Å². The first-order valence-electron chi connectivity index (χ1n) is 28.0. The molecule has 0 amide bonds. The number of aromatic amines is 1. The van der Waals surface area contributed by atoms with Crippen LogP contribution in [0.15, 0.2) is 152 Å². The van der Waals surface area contributed by atoms with Gasteiger partial charge in [0.05, 0.1) is 71.8 Å². The molecule has 0 aliphatic carbocycles. The third kappa shape index (κ3) is 15.2. The fourth-order valence-corrected chi connectivity index (χ4v) is 9.96. The van der Waals surface area contributed by atoms with Crippen molar-refractivity contribution in [1.29, 1.82) is 10.5 Å². The van der Waals surface area contributed by atoms with Gasteiger partial charge in [0.15, 0.2) is 11.5 Å². The van der Waals surface area contributed by atoms with Crippen LogP contribution in [0.4, 0.5) is 0 Å². The number of nitrogens with zero attached hydrogens (tertiary/aromatic N) is 5. The van der Waals surface area contributed by atoms with Gasteiger partial charge in [-0.15, -0.1) is 0 Å². The summed E-state index contributed by atoms with van der Waals surface area (Å²) in [6.07, 6.45) is 24.8. The van der Waals surface area contributed by atoms with Crippen molar-refractivity contribution in [2.75, 3.05) is 26.4 Å². The van der Waals surface area contributed by atoms with Crippen LogP contribution in [-0.4, -0.2) is 46.4 Å². The normalized spacial score (nSPS) is 11.2. The Balaban J connectivity index is 0.671. The van der Waals surface area contributed by atoms with E-state index in [4.69, 9.17) is 44.4 Å². The summed E-state index contributed by atoms with van der Waals surface area (Å²) < 4.78 is 25.0. The van der Waals surface area contributed by atoms with Crippen LogP contribution in [0.1, 0.15) is 127 Å². The monoisotopic (exact) mass is 1020 g/mol. The average Bonchev–Trinajstić information content (AvgIpc) is 4.03. The number of benzene rings is 6. The van der Waals surface area contributed by atoms with Gasteiger partial charge in [-0.25, -0.2) is 4.98 Å². The van der Waals surface area contributed by atoms with E-state index in [1.807, 2.05) is 103 Å². The first kappa shape index (κ1) is 53.6. The zero-order valence-corrected chi connectivity index (χ0v) is 44.4. The molecular weight excluding hydrogens is 953 g/mol. The Bertz CT molecular complexity index is 3270. The van der Waals surface area contributed by atoms with Crippen molar-refractivity contribution in [3.63, 3.8) is 0 Å². The summed E-state index contributed by atoms with van der Waals surface area (Å²) in [7, 11) is 0. The zero-order chi connectivity index (χ0) is 52.7. The number of H-pyrrole nitrogens is 1. The van der Waals surface area contributed by atoms with Gasteiger partial charge in [-0.1, -0.05) is 138 Å². The van der Waals surface area contributed by atoms with E-state index in [0.717, 1.165) is 141 Å². The highest BCUT2D eigenvalue weighted by Gasteiger charge is 2.17. The molecule has 0 aliphatic heterocycles. The summed E-state index contributed by atoms with van der Waals surface area (Å²) in [5.41, 5.74) is 10.2. The molecular formula is C67H70N6O4. The minimum absolute atomic E-state index is 0.632. The van der Waals surface area contributed by atoms with Crippen LogP contribution in [0.2, 0.25) is 0 Å². The highest BCUT2D eigenvalue weighted by atomic mass is 16.5. The maximum Gasteiger partial charge on any atom is 0.161 e. The van der Waals surface area contributed by atoms with E-state index in [1.165, 1.54) is 77.0 Å². The first-order valence-corrected chi connectivity index (χ1v) is 28.0. The summed E-state index contributed by atoms with van der Waals surface area (Å²) in [5.74, 6) is 4.10. The maximum absolute atomic E-state index is 9.06. The summed E-state index contributed by atoms with van der Waals surface area (Å²) in [4.78, 5) is 18.2. The van der Waals surface area contributed by atoms with Crippen LogP contribution in [0.3, 0.4) is 0 Å². The van der Waals surface area contributed by atoms with Crippen LogP contribution in [0.5, 0.6) is 23.0 Å². The molecule has 0 fully saturated rings. The predicted molar refractivity (Wildman–Crippen MR) is 310 cm³/mol. The van der Waals surface area contributed by atoms with Crippen LogP contribution < -0.4 is 18.9 Å². The molecule has 6 aromatic carbocycles. The van der Waals surface area contributed by atoms with Crippen molar-refractivity contribution < 1.29 is 18.9 Å². The molecule has 0 aliphatic rings. The molecule has 77 heavy (non-hydrogen) atoms. The minimum Gasteiger partial charge on any atom is -0.494 e. The number of hydrogen-bond donors (Lipinski definition) is 1. The molecule has 10 nitrogen and oxygen atoms in total. The minimum atomic E-state index is 0.632. The first-order chi connectivity index (χ1) is 38.1. The Morgan fingerprint density at radius 3 is 1.19 bits per heavy atom. The fourth-order valence-electron chi connectivity index (χ4n) is 9.96. The van der Waals surface area contributed by atoms with Crippen LogP contribution in [0.25, 0.3) is 66.5 Å². The van der Waals surface area contributed by atoms with E-state index < -0.39 is 0 Å². The van der Waals surface area contributed by atoms with Crippen LogP contribution in [-0.2, 0) is 0 Å². The van der Waals surface area contributed by atoms with Gasteiger partial charge in [0.25, 0.3) is 0 Å². The molecule has 9 rings (SSSR count). The molecule has 0 spiro atoms. The summed E-state index contributed by atoms with van der Waals surface area (Å²) >= 11 is 0. The van der Waals surface area contributed by atoms with Gasteiger partial charge < -0.3 is 23.9 Å². The topological polar surface area (TPSA) is 139 Å². The molecule has 9 aromatic rings. The van der Waals surface area contributed by atoms with E-state index in [1.54, 1.807) is 0 Å². The van der Waals surface area contributed by atoms with E-state index in [-0.39, 0.29) is 0 Å². The molecule has 0 radical (unpaired) electrons. The molecule has 1 N–H and O–H groups in total. The van der Waals surface area contributed by atoms with Crippen LogP contribution >= 0.6 is 0 Å². The number of aromatic nitrogens is 4. The van der Waals surface area contributed by atoms with E-state index in [2.05, 4.69) is 65.7 Å². The largest absolute Gasteiger partial charge is 0.494 e. The van der Waals surface area contributed by atoms with Gasteiger partial charge in [0, 0.05) is 28.7 Å². The molecule has 0 saturated heterocycles. The Morgan fingerprint density at radius 1 is 0.364 bits per heavy atom. The van der Waals surface area contributed by atoms with Crippen molar-refractivity contribution in [3.05, 3.63) is 163 Å². The summed E-state index contributed by atoms with van der Waals surface area (Å²) in [6, 6.07) is 50.4. The number of unbranched alkanes of at least 4 members (excludes halogenated alkanes) is 16. The number of ether oxygens (including phenoxy) is 4. The Hall–Kier alpha value is -8.21. The number of imidazole rings is 1. The Kier molecular flexibility index (Phi) is 19.9. The van der Waals surface area contributed by atoms with Crippen molar-refractivity contribution in [3.8, 4) is 68.8 Å². The second kappa shape index (κ2) is 28.6. The highest BCUT2D eigenvalue weighted by Crippen LogP contribution is 2.37. The van der Waals surface area contributed by atoms with Crippen molar-refractivity contribution >= 4 is 32.8 Å². The van der Waals surface area contributed by atoms with Gasteiger partial charge in [-0.05, 0) is 139 Å². The molecule has 392 valence electrons. The number of nitrogens with one attached hydrogen (secondary N) is 1. The molecule has 3 heterocycles. The smallest absolute Gasteiger partial charge is 0.161 e. The van der Waals surface area contributed by atoms with Gasteiger partial charge in [0.1, 0.15) is 17.3 Å². The Morgan fingerprint density at radius 2 is 0.740 bits per heavy atom. The highest BCUT2D eigenvalue weighted by molar-refractivity contribution is 6.21. The second-order valence-corrected chi connectivity index (χ2v) is 20.0. The lowest BCUT2D eigenvalue weighted by atomic mass is 10.0. The van der Waals surface area contributed by atoms with E-state index in [0.29, 0.717) is 24.3 Å².